The van der Waals surface area contributed by atoms with E-state index in [2.05, 4.69) is 5.73 Å². The van der Waals surface area contributed by atoms with Gasteiger partial charge in [0.2, 0.25) is 5.91 Å². The maximum Gasteiger partial charge on any atom is 0.423 e. The molecule has 1 aromatic rings. The second kappa shape index (κ2) is 4.65. The molecule has 0 aromatic heterocycles. The van der Waals surface area contributed by atoms with E-state index in [0.717, 1.165) is 0 Å². The normalized spacial score (nSPS) is 12.3. The summed E-state index contributed by atoms with van der Waals surface area (Å²) in [5, 5.41) is 10.5. The minimum absolute atomic E-state index is 0.275. The van der Waals surface area contributed by atoms with Crippen LogP contribution in [0.2, 0.25) is 0 Å². The van der Waals surface area contributed by atoms with E-state index in [1.54, 1.807) is 0 Å². The Bertz CT molecular complexity index is 527. The van der Waals surface area contributed by atoms with E-state index >= 15 is 0 Å². The van der Waals surface area contributed by atoms with Crippen molar-refractivity contribution in [2.24, 2.45) is 5.73 Å². The maximum absolute atomic E-state index is 12.6. The molecule has 20 heavy (non-hydrogen) atoms. The Kier molecular flexibility index (Phi) is 3.66. The highest BCUT2D eigenvalue weighted by atomic mass is 19.4. The number of benzene rings is 1. The van der Waals surface area contributed by atoms with Gasteiger partial charge in [-0.25, -0.2) is 0 Å². The molecule has 110 valence electrons. The van der Waals surface area contributed by atoms with Crippen LogP contribution in [0, 0.1) is 10.1 Å². The molecule has 0 fully saturated rings. The Morgan fingerprint density at radius 1 is 1.05 bits per heavy atom. The van der Waals surface area contributed by atoms with Gasteiger partial charge in [-0.15, -0.1) is 0 Å². The molecule has 0 spiro atoms. The predicted molar refractivity (Wildman–Crippen MR) is 51.6 cm³/mol. The van der Waals surface area contributed by atoms with Gasteiger partial charge in [-0.3, -0.25) is 14.9 Å². The summed E-state index contributed by atoms with van der Waals surface area (Å²) in [5.41, 5.74) is -2.61. The third kappa shape index (κ3) is 2.97. The highest BCUT2D eigenvalue weighted by Gasteiger charge is 2.44. The molecule has 11 heteroatoms. The molecule has 0 bridgehead atoms. The summed E-state index contributed by atoms with van der Waals surface area (Å²) in [7, 11) is 0. The Morgan fingerprint density at radius 2 is 1.50 bits per heavy atom. The van der Waals surface area contributed by atoms with Gasteiger partial charge in [-0.1, -0.05) is 0 Å². The number of nitro groups is 1. The number of hydrogen-bond acceptors (Lipinski definition) is 3. The molecule has 1 rings (SSSR count). The average molecular weight is 302 g/mol. The van der Waals surface area contributed by atoms with Gasteiger partial charge >= 0.3 is 12.4 Å². The van der Waals surface area contributed by atoms with Gasteiger partial charge in [0.1, 0.15) is 5.56 Å². The van der Waals surface area contributed by atoms with Crippen LogP contribution >= 0.6 is 0 Å². The highest BCUT2D eigenvalue weighted by Crippen LogP contribution is 2.41. The second-order valence-corrected chi connectivity index (χ2v) is 3.53. The molecule has 0 saturated heterocycles. The number of primary amides is 1. The van der Waals surface area contributed by atoms with Gasteiger partial charge in [0.25, 0.3) is 5.69 Å². The van der Waals surface area contributed by atoms with Crippen molar-refractivity contribution in [2.75, 3.05) is 0 Å². The van der Waals surface area contributed by atoms with Crippen molar-refractivity contribution in [1.82, 2.24) is 0 Å². The van der Waals surface area contributed by atoms with Gasteiger partial charge in [-0.2, -0.15) is 26.3 Å². The zero-order valence-electron chi connectivity index (χ0n) is 9.17. The minimum Gasteiger partial charge on any atom is -0.366 e. The van der Waals surface area contributed by atoms with Gasteiger partial charge in [-0.05, 0) is 6.07 Å². The summed E-state index contributed by atoms with van der Waals surface area (Å²) >= 11 is 0. The Hall–Kier alpha value is -2.33. The van der Waals surface area contributed by atoms with Gasteiger partial charge < -0.3 is 5.73 Å². The smallest absolute Gasteiger partial charge is 0.366 e. The molecule has 0 aliphatic carbocycles. The first-order valence-corrected chi connectivity index (χ1v) is 4.62. The summed E-state index contributed by atoms with van der Waals surface area (Å²) in [6.07, 6.45) is -10.6. The lowest BCUT2D eigenvalue weighted by Gasteiger charge is -2.14. The van der Waals surface area contributed by atoms with Crippen molar-refractivity contribution >= 4 is 11.6 Å². The number of nitro benzene ring substituents is 1. The predicted octanol–water partition coefficient (Wildman–Crippen LogP) is 2.73. The van der Waals surface area contributed by atoms with Crippen LogP contribution in [0.4, 0.5) is 32.0 Å². The summed E-state index contributed by atoms with van der Waals surface area (Å²) in [5.74, 6) is -1.78. The molecular formula is C9H4F6N2O3. The number of nitrogens with zero attached hydrogens (tertiary/aromatic N) is 1. The first-order valence-electron chi connectivity index (χ1n) is 4.62. The largest absolute Gasteiger partial charge is 0.423 e. The standard InChI is InChI=1S/C9H4F6N2O3/c10-8(11,12)4-2-6(17(19)20)5(9(13,14)15)1-3(4)7(16)18/h1-2H,(H2,16,18). The monoisotopic (exact) mass is 302 g/mol. The summed E-state index contributed by atoms with van der Waals surface area (Å²) in [6.45, 7) is 0. The number of nitrogens with two attached hydrogens (primary N) is 1. The lowest BCUT2D eigenvalue weighted by atomic mass is 10.0. The summed E-state index contributed by atoms with van der Waals surface area (Å²) < 4.78 is 75.3. The average Bonchev–Trinajstić information content (AvgIpc) is 2.24. The molecule has 0 saturated carbocycles. The number of carbonyl (C=O) groups is 1. The number of halogens is 6. The van der Waals surface area contributed by atoms with Crippen LogP contribution in [-0.4, -0.2) is 10.8 Å². The van der Waals surface area contributed by atoms with E-state index in [-0.39, 0.29) is 12.1 Å². The van der Waals surface area contributed by atoms with Crippen molar-refractivity contribution in [3.05, 3.63) is 38.9 Å². The minimum atomic E-state index is -5.31. The number of amides is 1. The topological polar surface area (TPSA) is 86.2 Å². The SMILES string of the molecule is NC(=O)c1cc(C(F)(F)F)c([N+](=O)[O-])cc1C(F)(F)F. The van der Waals surface area contributed by atoms with Crippen LogP contribution in [0.25, 0.3) is 0 Å². The fourth-order valence-electron chi connectivity index (χ4n) is 1.40. The molecular weight excluding hydrogens is 298 g/mol. The zero-order valence-corrected chi connectivity index (χ0v) is 9.17. The van der Waals surface area contributed by atoms with Crippen LogP contribution in [0.3, 0.4) is 0 Å². The number of alkyl halides is 6. The molecule has 0 unspecified atom stereocenters. The van der Waals surface area contributed by atoms with E-state index < -0.39 is 45.6 Å². The summed E-state index contributed by atoms with van der Waals surface area (Å²) in [6, 6.07) is -0.633. The molecule has 0 atom stereocenters. The number of hydrogen-bond donors (Lipinski definition) is 1. The first kappa shape index (κ1) is 15.7. The quantitative estimate of drug-likeness (QED) is 0.517. The van der Waals surface area contributed by atoms with E-state index in [9.17, 15) is 41.3 Å². The fourth-order valence-corrected chi connectivity index (χ4v) is 1.40. The van der Waals surface area contributed by atoms with Gasteiger partial charge in [0.05, 0.1) is 16.1 Å². The van der Waals surface area contributed by atoms with Gasteiger partial charge in [0, 0.05) is 6.07 Å². The fraction of sp³-hybridized carbons (Fsp3) is 0.222. The first-order chi connectivity index (χ1) is 8.85. The molecule has 5 nitrogen and oxygen atoms in total. The van der Waals surface area contributed by atoms with Crippen LogP contribution in [-0.2, 0) is 12.4 Å². The van der Waals surface area contributed by atoms with Crippen LogP contribution < -0.4 is 5.73 Å². The van der Waals surface area contributed by atoms with E-state index in [1.807, 2.05) is 0 Å². The van der Waals surface area contributed by atoms with Gasteiger partial charge in [0.15, 0.2) is 0 Å². The molecule has 1 amide bonds. The highest BCUT2D eigenvalue weighted by molar-refractivity contribution is 5.95. The third-order valence-electron chi connectivity index (χ3n) is 2.21. The molecule has 1 aromatic carbocycles. The second-order valence-electron chi connectivity index (χ2n) is 3.53. The molecule has 0 aliphatic rings. The zero-order chi connectivity index (χ0) is 15.9. The molecule has 0 radical (unpaired) electrons. The molecule has 0 heterocycles. The molecule has 2 N–H and O–H groups in total. The van der Waals surface area contributed by atoms with E-state index in [1.165, 1.54) is 0 Å². The van der Waals surface area contributed by atoms with Crippen LogP contribution in [0.15, 0.2) is 12.1 Å². The van der Waals surface area contributed by atoms with Crippen LogP contribution in [0.5, 0.6) is 0 Å². The van der Waals surface area contributed by atoms with Crippen molar-refractivity contribution in [3.63, 3.8) is 0 Å². The van der Waals surface area contributed by atoms with Crippen molar-refractivity contribution in [3.8, 4) is 0 Å². The summed E-state index contributed by atoms with van der Waals surface area (Å²) in [4.78, 5) is 19.6. The van der Waals surface area contributed by atoms with E-state index in [4.69, 9.17) is 0 Å². The van der Waals surface area contributed by atoms with E-state index in [0.29, 0.717) is 0 Å². The van der Waals surface area contributed by atoms with Crippen molar-refractivity contribution < 1.29 is 36.1 Å². The molecule has 0 aliphatic heterocycles. The maximum atomic E-state index is 12.6. The Morgan fingerprint density at radius 3 is 1.80 bits per heavy atom. The Balaban J connectivity index is 3.79. The Labute approximate surface area is 106 Å². The number of rotatable bonds is 2. The van der Waals surface area contributed by atoms with Crippen LogP contribution in [0.1, 0.15) is 21.5 Å². The lowest BCUT2D eigenvalue weighted by Crippen LogP contribution is -2.21. The van der Waals surface area contributed by atoms with Crippen molar-refractivity contribution in [2.45, 2.75) is 12.4 Å². The van der Waals surface area contributed by atoms with Crippen molar-refractivity contribution in [1.29, 1.82) is 0 Å². The lowest BCUT2D eigenvalue weighted by molar-refractivity contribution is -0.388. The number of carbonyl (C=O) groups excluding carboxylic acids is 1. The third-order valence-corrected chi connectivity index (χ3v) is 2.21.